The summed E-state index contributed by atoms with van der Waals surface area (Å²) in [6.45, 7) is 4.80. The Hall–Kier alpha value is -1.23. The minimum absolute atomic E-state index is 0.399. The van der Waals surface area contributed by atoms with Crippen LogP contribution in [0.2, 0.25) is 0 Å². The van der Waals surface area contributed by atoms with Crippen LogP contribution in [-0.2, 0) is 9.84 Å². The smallest absolute Gasteiger partial charge is 0.177 e. The van der Waals surface area contributed by atoms with Crippen molar-refractivity contribution in [2.75, 3.05) is 36.1 Å². The van der Waals surface area contributed by atoms with Crippen molar-refractivity contribution >= 4 is 21.2 Å². The minimum atomic E-state index is -3.17. The van der Waals surface area contributed by atoms with Crippen molar-refractivity contribution in [1.29, 1.82) is 0 Å². The molecule has 2 rings (SSSR count). The standard InChI is InChI=1S/C12H18N2O2S/c1-3-8-14-9-7-13-12-10(14)5-4-6-11(12)17(2,15)16/h4-6,13H,3,7-9H2,1-2H3. The fourth-order valence-electron chi connectivity index (χ4n) is 2.21. The minimum Gasteiger partial charge on any atom is -0.381 e. The van der Waals surface area contributed by atoms with Crippen molar-refractivity contribution in [2.45, 2.75) is 18.2 Å². The van der Waals surface area contributed by atoms with Gasteiger partial charge in [-0.2, -0.15) is 0 Å². The number of benzene rings is 1. The number of nitrogens with one attached hydrogen (secondary N) is 1. The van der Waals surface area contributed by atoms with Crippen LogP contribution in [0.25, 0.3) is 0 Å². The van der Waals surface area contributed by atoms with Gasteiger partial charge in [-0.25, -0.2) is 8.42 Å². The van der Waals surface area contributed by atoms with Gasteiger partial charge in [0.05, 0.1) is 16.3 Å². The van der Waals surface area contributed by atoms with Gasteiger partial charge in [0.1, 0.15) is 0 Å². The summed E-state index contributed by atoms with van der Waals surface area (Å²) in [6, 6.07) is 5.45. The molecule has 0 bridgehead atoms. The molecule has 17 heavy (non-hydrogen) atoms. The maximum absolute atomic E-state index is 11.7. The van der Waals surface area contributed by atoms with Crippen LogP contribution in [0.1, 0.15) is 13.3 Å². The maximum atomic E-state index is 11.7. The summed E-state index contributed by atoms with van der Waals surface area (Å²) < 4.78 is 23.4. The van der Waals surface area contributed by atoms with E-state index in [1.807, 2.05) is 12.1 Å². The normalized spacial score (nSPS) is 15.3. The monoisotopic (exact) mass is 254 g/mol. The summed E-state index contributed by atoms with van der Waals surface area (Å²) in [5.41, 5.74) is 1.76. The van der Waals surface area contributed by atoms with Gasteiger partial charge in [-0.3, -0.25) is 0 Å². The summed E-state index contributed by atoms with van der Waals surface area (Å²) in [4.78, 5) is 2.64. The average Bonchev–Trinajstić information content (AvgIpc) is 2.28. The van der Waals surface area contributed by atoms with Gasteiger partial charge >= 0.3 is 0 Å². The zero-order valence-electron chi connectivity index (χ0n) is 10.2. The number of fused-ring (bicyclic) bond motifs is 1. The van der Waals surface area contributed by atoms with Crippen LogP contribution in [0.5, 0.6) is 0 Å². The zero-order valence-corrected chi connectivity index (χ0v) is 11.0. The van der Waals surface area contributed by atoms with E-state index in [1.54, 1.807) is 6.07 Å². The van der Waals surface area contributed by atoms with Crippen molar-refractivity contribution in [3.05, 3.63) is 18.2 Å². The second-order valence-electron chi connectivity index (χ2n) is 4.34. The quantitative estimate of drug-likeness (QED) is 0.892. The highest BCUT2D eigenvalue weighted by Crippen LogP contribution is 2.34. The van der Waals surface area contributed by atoms with Gasteiger partial charge < -0.3 is 10.2 Å². The number of nitrogens with zero attached hydrogens (tertiary/aromatic N) is 1. The molecule has 0 saturated heterocycles. The van der Waals surface area contributed by atoms with E-state index in [1.165, 1.54) is 6.26 Å². The Morgan fingerprint density at radius 3 is 2.82 bits per heavy atom. The third-order valence-electron chi connectivity index (χ3n) is 2.92. The van der Waals surface area contributed by atoms with Crippen LogP contribution in [-0.4, -0.2) is 34.3 Å². The van der Waals surface area contributed by atoms with Crippen molar-refractivity contribution < 1.29 is 8.42 Å². The molecule has 94 valence electrons. The molecule has 1 aliphatic heterocycles. The Bertz CT molecular complexity index is 511. The van der Waals surface area contributed by atoms with E-state index in [9.17, 15) is 8.42 Å². The van der Waals surface area contributed by atoms with Crippen molar-refractivity contribution in [2.24, 2.45) is 0 Å². The molecule has 0 radical (unpaired) electrons. The lowest BCUT2D eigenvalue weighted by Gasteiger charge is -2.32. The first-order valence-corrected chi connectivity index (χ1v) is 7.75. The first-order valence-electron chi connectivity index (χ1n) is 5.86. The number of anilines is 2. The molecule has 0 saturated carbocycles. The van der Waals surface area contributed by atoms with Gasteiger partial charge in [0.25, 0.3) is 0 Å². The van der Waals surface area contributed by atoms with E-state index in [0.717, 1.165) is 37.4 Å². The highest BCUT2D eigenvalue weighted by Gasteiger charge is 2.22. The van der Waals surface area contributed by atoms with Crippen LogP contribution >= 0.6 is 0 Å². The fraction of sp³-hybridized carbons (Fsp3) is 0.500. The Kier molecular flexibility index (Phi) is 3.28. The topological polar surface area (TPSA) is 49.4 Å². The summed E-state index contributed by atoms with van der Waals surface area (Å²) >= 11 is 0. The molecule has 1 aromatic carbocycles. The third-order valence-corrected chi connectivity index (χ3v) is 4.06. The molecular weight excluding hydrogens is 236 g/mol. The molecule has 0 atom stereocenters. The molecule has 1 N–H and O–H groups in total. The predicted molar refractivity (Wildman–Crippen MR) is 70.5 cm³/mol. The molecule has 5 heteroatoms. The van der Waals surface area contributed by atoms with E-state index in [-0.39, 0.29) is 0 Å². The first-order chi connectivity index (χ1) is 8.04. The van der Waals surface area contributed by atoms with Crippen LogP contribution in [0.15, 0.2) is 23.1 Å². The molecule has 1 aliphatic rings. The molecule has 0 fully saturated rings. The van der Waals surface area contributed by atoms with Crippen LogP contribution in [0.3, 0.4) is 0 Å². The molecule has 0 unspecified atom stereocenters. The van der Waals surface area contributed by atoms with E-state index in [0.29, 0.717) is 4.90 Å². The maximum Gasteiger partial charge on any atom is 0.177 e. The van der Waals surface area contributed by atoms with Crippen LogP contribution in [0.4, 0.5) is 11.4 Å². The molecule has 0 aromatic heterocycles. The second-order valence-corrected chi connectivity index (χ2v) is 6.32. The van der Waals surface area contributed by atoms with E-state index < -0.39 is 9.84 Å². The summed E-state index contributed by atoms with van der Waals surface area (Å²) in [5.74, 6) is 0. The molecule has 1 heterocycles. The van der Waals surface area contributed by atoms with Gasteiger partial charge in [0.2, 0.25) is 0 Å². The average molecular weight is 254 g/mol. The summed E-state index contributed by atoms with van der Waals surface area (Å²) in [6.07, 6.45) is 2.31. The largest absolute Gasteiger partial charge is 0.381 e. The molecular formula is C12H18N2O2S. The highest BCUT2D eigenvalue weighted by molar-refractivity contribution is 7.90. The van der Waals surface area contributed by atoms with E-state index >= 15 is 0 Å². The Morgan fingerprint density at radius 1 is 1.41 bits per heavy atom. The van der Waals surface area contributed by atoms with E-state index in [4.69, 9.17) is 0 Å². The van der Waals surface area contributed by atoms with Gasteiger partial charge in [-0.15, -0.1) is 0 Å². The summed E-state index contributed by atoms with van der Waals surface area (Å²) in [7, 11) is -3.17. The number of hydrogen-bond donors (Lipinski definition) is 1. The Morgan fingerprint density at radius 2 is 2.18 bits per heavy atom. The molecule has 0 amide bonds. The van der Waals surface area contributed by atoms with Crippen LogP contribution < -0.4 is 10.2 Å². The predicted octanol–water partition coefficient (Wildman–Crippen LogP) is 1.73. The number of para-hydroxylation sites is 1. The number of rotatable bonds is 3. The summed E-state index contributed by atoms with van der Waals surface area (Å²) in [5, 5.41) is 3.21. The Balaban J connectivity index is 2.51. The molecule has 1 aromatic rings. The fourth-order valence-corrected chi connectivity index (χ4v) is 3.08. The Labute approximate surface area is 103 Å². The SMILES string of the molecule is CCCN1CCNc2c1cccc2S(C)(=O)=O. The lowest BCUT2D eigenvalue weighted by Crippen LogP contribution is -2.35. The van der Waals surface area contributed by atoms with Crippen molar-refractivity contribution in [3.63, 3.8) is 0 Å². The highest BCUT2D eigenvalue weighted by atomic mass is 32.2. The van der Waals surface area contributed by atoms with Gasteiger partial charge in [-0.05, 0) is 18.6 Å². The van der Waals surface area contributed by atoms with Crippen molar-refractivity contribution in [3.8, 4) is 0 Å². The lowest BCUT2D eigenvalue weighted by atomic mass is 10.2. The van der Waals surface area contributed by atoms with Gasteiger partial charge in [-0.1, -0.05) is 13.0 Å². The van der Waals surface area contributed by atoms with Crippen LogP contribution in [0, 0.1) is 0 Å². The molecule has 4 nitrogen and oxygen atoms in total. The van der Waals surface area contributed by atoms with Crippen molar-refractivity contribution in [1.82, 2.24) is 0 Å². The van der Waals surface area contributed by atoms with E-state index in [2.05, 4.69) is 17.1 Å². The zero-order chi connectivity index (χ0) is 12.5. The van der Waals surface area contributed by atoms with Gasteiger partial charge in [0, 0.05) is 25.9 Å². The third kappa shape index (κ3) is 2.39. The lowest BCUT2D eigenvalue weighted by molar-refractivity contribution is 0.602. The first kappa shape index (κ1) is 12.2. The molecule has 0 aliphatic carbocycles. The second kappa shape index (κ2) is 4.56. The van der Waals surface area contributed by atoms with Gasteiger partial charge in [0.15, 0.2) is 9.84 Å². The molecule has 0 spiro atoms. The number of hydrogen-bond acceptors (Lipinski definition) is 4. The number of sulfone groups is 1.